The lowest BCUT2D eigenvalue weighted by atomic mass is 9.82. The number of hydrogen-bond acceptors (Lipinski definition) is 4. The van der Waals surface area contributed by atoms with Crippen molar-refractivity contribution in [1.29, 1.82) is 0 Å². The molecule has 0 unspecified atom stereocenters. The van der Waals surface area contributed by atoms with E-state index in [0.29, 0.717) is 39.8 Å². The van der Waals surface area contributed by atoms with Gasteiger partial charge in [0.15, 0.2) is 17.5 Å². The summed E-state index contributed by atoms with van der Waals surface area (Å²) in [6.45, 7) is 4.52. The van der Waals surface area contributed by atoms with Crippen molar-refractivity contribution in [3.8, 4) is 67.5 Å². The van der Waals surface area contributed by atoms with E-state index < -0.39 is 18.1 Å². The average Bonchev–Trinajstić information content (AvgIpc) is 3.73. The summed E-state index contributed by atoms with van der Waals surface area (Å²) in [6, 6.07) is 42.5. The van der Waals surface area contributed by atoms with Crippen LogP contribution in [-0.2, 0) is 5.41 Å². The van der Waals surface area contributed by atoms with E-state index in [1.54, 1.807) is 0 Å². The molecule has 0 amide bonds. The van der Waals surface area contributed by atoms with E-state index >= 15 is 0 Å². The van der Waals surface area contributed by atoms with E-state index in [0.717, 1.165) is 33.0 Å². The summed E-state index contributed by atoms with van der Waals surface area (Å²) < 4.78 is 49.4. The number of hydrogen-bond donors (Lipinski definition) is 0. The maximum atomic E-state index is 8.85. The molecule has 9 aromatic rings. The minimum absolute atomic E-state index is 0.0815. The van der Waals surface area contributed by atoms with E-state index in [9.17, 15) is 0 Å². The third-order valence-corrected chi connectivity index (χ3v) is 10.2. The highest BCUT2D eigenvalue weighted by Gasteiger charge is 2.35. The van der Waals surface area contributed by atoms with Crippen molar-refractivity contribution in [3.63, 3.8) is 0 Å². The largest absolute Gasteiger partial charge is 0.455 e. The summed E-state index contributed by atoms with van der Waals surface area (Å²) in [5.41, 5.74) is 10.5. The van der Waals surface area contributed by atoms with Gasteiger partial charge in [-0.05, 0) is 69.3 Å². The van der Waals surface area contributed by atoms with Crippen LogP contribution in [0, 0.1) is 0 Å². The quantitative estimate of drug-likeness (QED) is 0.183. The highest BCUT2D eigenvalue weighted by Crippen LogP contribution is 2.49. The van der Waals surface area contributed by atoms with Gasteiger partial charge in [-0.1, -0.05) is 147 Å². The fourth-order valence-corrected chi connectivity index (χ4v) is 7.59. The Morgan fingerprint density at radius 2 is 1.06 bits per heavy atom. The molecule has 4 nitrogen and oxygen atoms in total. The average molecular weight is 673 g/mol. The van der Waals surface area contributed by atoms with Gasteiger partial charge >= 0.3 is 0 Å². The minimum atomic E-state index is -0.446. The number of fused-ring (bicyclic) bond motifs is 6. The second-order valence-electron chi connectivity index (χ2n) is 13.7. The fraction of sp³-hybridized carbons (Fsp3) is 0.0625. The first kappa shape index (κ1) is 25.3. The number of nitrogens with zero attached hydrogens (tertiary/aromatic N) is 3. The molecule has 0 bridgehead atoms. The van der Waals surface area contributed by atoms with Crippen molar-refractivity contribution in [2.24, 2.45) is 0 Å². The standard InChI is InChI=1S/C48H33N3O/c1-48(2)41-21-13-12-20-36(41)39-26-33(23-25-42(39)48)46-49-45(32-18-10-5-11-19-32)50-47(51-46)34-22-24-37-40-28-35(30-14-6-3-7-15-30)27-38(31-16-8-4-9-17-31)44(40)52-43(37)29-34/h3-29H,1-2H3/i4D,8D,9D,16D,17D. The molecule has 0 fully saturated rings. The Morgan fingerprint density at radius 3 is 1.81 bits per heavy atom. The number of aromatic nitrogens is 3. The molecular weight excluding hydrogens is 635 g/mol. The maximum Gasteiger partial charge on any atom is 0.164 e. The molecule has 52 heavy (non-hydrogen) atoms. The summed E-state index contributed by atoms with van der Waals surface area (Å²) in [4.78, 5) is 15.1. The number of rotatable bonds is 5. The monoisotopic (exact) mass is 672 g/mol. The number of furan rings is 1. The van der Waals surface area contributed by atoms with Crippen LogP contribution in [0.2, 0.25) is 0 Å². The van der Waals surface area contributed by atoms with Crippen LogP contribution in [0.4, 0.5) is 0 Å². The molecule has 0 spiro atoms. The molecule has 0 saturated heterocycles. The van der Waals surface area contributed by atoms with Crippen molar-refractivity contribution >= 4 is 21.9 Å². The third kappa shape index (κ3) is 4.87. The smallest absolute Gasteiger partial charge is 0.164 e. The molecule has 10 rings (SSSR count). The summed E-state index contributed by atoms with van der Waals surface area (Å²) in [5, 5.41) is 1.56. The molecule has 7 aromatic carbocycles. The maximum absolute atomic E-state index is 8.85. The summed E-state index contributed by atoms with van der Waals surface area (Å²) >= 11 is 0. The molecule has 0 atom stereocenters. The van der Waals surface area contributed by atoms with Gasteiger partial charge in [0.05, 0.1) is 6.85 Å². The first-order valence-corrected chi connectivity index (χ1v) is 17.3. The zero-order chi connectivity index (χ0) is 39.2. The fourth-order valence-electron chi connectivity index (χ4n) is 7.59. The SMILES string of the molecule is [2H]c1c([2H])c([2H])c(-c2cc(-c3ccccc3)cc3c2oc2cc(-c4nc(-c5ccccc5)nc(-c5ccc6c(c5)-c5ccccc5C6(C)C)n4)ccc23)c([2H])c1[2H]. The molecule has 0 saturated carbocycles. The highest BCUT2D eigenvalue weighted by molar-refractivity contribution is 6.12. The van der Waals surface area contributed by atoms with Crippen LogP contribution in [0.15, 0.2) is 168 Å². The van der Waals surface area contributed by atoms with Crippen LogP contribution in [0.3, 0.4) is 0 Å². The lowest BCUT2D eigenvalue weighted by Gasteiger charge is -2.21. The predicted octanol–water partition coefficient (Wildman–Crippen LogP) is 12.4. The molecule has 2 aromatic heterocycles. The lowest BCUT2D eigenvalue weighted by Crippen LogP contribution is -2.14. The Morgan fingerprint density at radius 1 is 0.462 bits per heavy atom. The molecule has 2 heterocycles. The van der Waals surface area contributed by atoms with E-state index in [4.69, 9.17) is 26.2 Å². The van der Waals surface area contributed by atoms with Crippen LogP contribution in [0.25, 0.3) is 89.5 Å². The van der Waals surface area contributed by atoms with Crippen LogP contribution < -0.4 is 0 Å². The zero-order valence-corrected chi connectivity index (χ0v) is 28.5. The molecule has 0 N–H and O–H groups in total. The van der Waals surface area contributed by atoms with Crippen molar-refractivity contribution in [2.45, 2.75) is 19.3 Å². The van der Waals surface area contributed by atoms with Gasteiger partial charge in [0.1, 0.15) is 11.2 Å². The van der Waals surface area contributed by atoms with Gasteiger partial charge in [0.2, 0.25) is 0 Å². The first-order valence-electron chi connectivity index (χ1n) is 19.8. The van der Waals surface area contributed by atoms with Gasteiger partial charge in [-0.3, -0.25) is 0 Å². The minimum Gasteiger partial charge on any atom is -0.455 e. The molecular formula is C48H33N3O. The summed E-state index contributed by atoms with van der Waals surface area (Å²) in [5.74, 6) is 1.56. The van der Waals surface area contributed by atoms with Crippen LogP contribution in [0.5, 0.6) is 0 Å². The van der Waals surface area contributed by atoms with Gasteiger partial charge in [0.25, 0.3) is 0 Å². The second-order valence-corrected chi connectivity index (χ2v) is 13.7. The third-order valence-electron chi connectivity index (χ3n) is 10.2. The molecule has 4 heteroatoms. The Bertz CT molecular complexity index is 3080. The predicted molar refractivity (Wildman–Crippen MR) is 212 cm³/mol. The lowest BCUT2D eigenvalue weighted by molar-refractivity contribution is 0.660. The van der Waals surface area contributed by atoms with Gasteiger partial charge in [0, 0.05) is 38.4 Å². The van der Waals surface area contributed by atoms with Crippen molar-refractivity contribution < 1.29 is 11.3 Å². The van der Waals surface area contributed by atoms with Crippen LogP contribution >= 0.6 is 0 Å². The van der Waals surface area contributed by atoms with Crippen molar-refractivity contribution in [2.75, 3.05) is 0 Å². The topological polar surface area (TPSA) is 51.8 Å². The first-order chi connectivity index (χ1) is 27.6. The van der Waals surface area contributed by atoms with Crippen LogP contribution in [0.1, 0.15) is 31.8 Å². The zero-order valence-electron chi connectivity index (χ0n) is 33.5. The molecule has 0 aliphatic heterocycles. The van der Waals surface area contributed by atoms with E-state index in [1.807, 2.05) is 91.0 Å². The molecule has 1 aliphatic carbocycles. The van der Waals surface area contributed by atoms with Gasteiger partial charge in [-0.15, -0.1) is 0 Å². The van der Waals surface area contributed by atoms with E-state index in [-0.39, 0.29) is 23.1 Å². The van der Waals surface area contributed by atoms with Crippen LogP contribution in [-0.4, -0.2) is 15.0 Å². The normalized spacial score (nSPS) is 14.3. The van der Waals surface area contributed by atoms with Gasteiger partial charge in [-0.25, -0.2) is 15.0 Å². The Balaban J connectivity index is 1.17. The van der Waals surface area contributed by atoms with Gasteiger partial charge in [-0.2, -0.15) is 0 Å². The molecule has 0 radical (unpaired) electrons. The molecule has 1 aliphatic rings. The second kappa shape index (κ2) is 11.7. The Hall–Kier alpha value is -6.65. The van der Waals surface area contributed by atoms with Crippen molar-refractivity contribution in [1.82, 2.24) is 15.0 Å². The van der Waals surface area contributed by atoms with Gasteiger partial charge < -0.3 is 4.42 Å². The van der Waals surface area contributed by atoms with Crippen molar-refractivity contribution in [3.05, 3.63) is 175 Å². The van der Waals surface area contributed by atoms with E-state index in [1.165, 1.54) is 22.3 Å². The highest BCUT2D eigenvalue weighted by atomic mass is 16.3. The summed E-state index contributed by atoms with van der Waals surface area (Å²) in [6.07, 6.45) is 0. The Labute approximate surface area is 309 Å². The van der Waals surface area contributed by atoms with E-state index in [2.05, 4.69) is 56.3 Å². The Kier molecular flexibility index (Phi) is 5.70. The summed E-state index contributed by atoms with van der Waals surface area (Å²) in [7, 11) is 0. The molecule has 246 valence electrons. The number of benzene rings is 7.